The van der Waals surface area contributed by atoms with E-state index < -0.39 is 0 Å². The normalized spacial score (nSPS) is 12.0. The molecule has 1 aromatic carbocycles. The van der Waals surface area contributed by atoms with Crippen LogP contribution in [-0.2, 0) is 0 Å². The zero-order valence-corrected chi connectivity index (χ0v) is 14.6. The van der Waals surface area contributed by atoms with Crippen LogP contribution in [0.5, 0.6) is 17.2 Å². The summed E-state index contributed by atoms with van der Waals surface area (Å²) in [6.07, 6.45) is 0. The number of carbonyl (C=O) groups excluding carboxylic acids is 1. The van der Waals surface area contributed by atoms with E-state index in [2.05, 4.69) is 35.1 Å². The number of halogens is 1. The molecule has 118 valence electrons. The van der Waals surface area contributed by atoms with Gasteiger partial charge in [0.15, 0.2) is 11.5 Å². The summed E-state index contributed by atoms with van der Waals surface area (Å²) in [6, 6.07) is 3.39. The molecule has 1 N–H and O–H groups in total. The Kier molecular flexibility index (Phi) is 6.81. The van der Waals surface area contributed by atoms with Crippen molar-refractivity contribution in [3.63, 3.8) is 0 Å². The van der Waals surface area contributed by atoms with Crippen LogP contribution in [0.25, 0.3) is 0 Å². The van der Waals surface area contributed by atoms with E-state index >= 15 is 0 Å². The van der Waals surface area contributed by atoms with E-state index in [-0.39, 0.29) is 11.9 Å². The minimum Gasteiger partial charge on any atom is -0.493 e. The quantitative estimate of drug-likeness (QED) is 0.760. The highest BCUT2D eigenvalue weighted by Gasteiger charge is 2.23. The molecule has 0 aliphatic carbocycles. The zero-order valence-electron chi connectivity index (χ0n) is 13.0. The minimum absolute atomic E-state index is 0.0373. The van der Waals surface area contributed by atoms with Crippen LogP contribution in [0.15, 0.2) is 12.1 Å². The van der Waals surface area contributed by atoms with Crippen LogP contribution in [0.3, 0.4) is 0 Å². The Labute approximate surface area is 134 Å². The Balaban J connectivity index is 3.15. The van der Waals surface area contributed by atoms with Crippen molar-refractivity contribution < 1.29 is 19.0 Å². The number of hydrogen-bond donors (Lipinski definition) is 1. The maximum atomic E-state index is 12.5. The molecule has 21 heavy (non-hydrogen) atoms. The molecule has 1 atom stereocenters. The lowest BCUT2D eigenvalue weighted by Gasteiger charge is -2.21. The van der Waals surface area contributed by atoms with Crippen LogP contribution in [0.2, 0.25) is 0 Å². The Morgan fingerprint density at radius 1 is 1.14 bits per heavy atom. The lowest BCUT2D eigenvalue weighted by Crippen LogP contribution is -2.39. The van der Waals surface area contributed by atoms with Gasteiger partial charge in [-0.05, 0) is 18.1 Å². The fourth-order valence-corrected chi connectivity index (χ4v) is 2.82. The minimum atomic E-state index is -0.203. The summed E-state index contributed by atoms with van der Waals surface area (Å²) >= 11 is 3.41. The summed E-state index contributed by atoms with van der Waals surface area (Å²) in [5.41, 5.74) is 0.418. The van der Waals surface area contributed by atoms with E-state index in [4.69, 9.17) is 14.2 Å². The molecule has 0 fully saturated rings. The first-order chi connectivity index (χ1) is 9.99. The van der Waals surface area contributed by atoms with Crippen molar-refractivity contribution in [2.45, 2.75) is 19.9 Å². The SMILES string of the molecule is COc1ccc(C(=O)NC(CBr)C(C)C)c(OC)c1OC. The second-order valence-corrected chi connectivity index (χ2v) is 5.51. The van der Waals surface area contributed by atoms with Crippen LogP contribution in [0.1, 0.15) is 24.2 Å². The molecule has 1 amide bonds. The van der Waals surface area contributed by atoms with Crippen molar-refractivity contribution >= 4 is 21.8 Å². The number of nitrogens with one attached hydrogen (secondary N) is 1. The summed E-state index contributed by atoms with van der Waals surface area (Å²) in [4.78, 5) is 12.5. The summed E-state index contributed by atoms with van der Waals surface area (Å²) in [6.45, 7) is 4.11. The van der Waals surface area contributed by atoms with E-state index in [1.54, 1.807) is 12.1 Å². The van der Waals surface area contributed by atoms with Crippen molar-refractivity contribution in [1.29, 1.82) is 0 Å². The van der Waals surface area contributed by atoms with Gasteiger partial charge in [0.05, 0.1) is 26.9 Å². The van der Waals surface area contributed by atoms with Gasteiger partial charge in [0.25, 0.3) is 5.91 Å². The van der Waals surface area contributed by atoms with Crippen LogP contribution in [-0.4, -0.2) is 38.6 Å². The number of benzene rings is 1. The van der Waals surface area contributed by atoms with Crippen LogP contribution >= 0.6 is 15.9 Å². The average Bonchev–Trinajstić information content (AvgIpc) is 2.49. The zero-order chi connectivity index (χ0) is 16.0. The molecule has 0 saturated carbocycles. The van der Waals surface area contributed by atoms with E-state index in [1.807, 2.05) is 0 Å². The summed E-state index contributed by atoms with van der Waals surface area (Å²) in [5.74, 6) is 1.41. The molecular formula is C15H22BrNO4. The van der Waals surface area contributed by atoms with Crippen molar-refractivity contribution in [1.82, 2.24) is 5.32 Å². The first-order valence-corrected chi connectivity index (χ1v) is 7.78. The smallest absolute Gasteiger partial charge is 0.255 e. The Morgan fingerprint density at radius 3 is 2.19 bits per heavy atom. The topological polar surface area (TPSA) is 56.8 Å². The van der Waals surface area contributed by atoms with Gasteiger partial charge in [-0.3, -0.25) is 4.79 Å². The largest absolute Gasteiger partial charge is 0.493 e. The van der Waals surface area contributed by atoms with Gasteiger partial charge in [0.1, 0.15) is 0 Å². The Morgan fingerprint density at radius 2 is 1.76 bits per heavy atom. The number of hydrogen-bond acceptors (Lipinski definition) is 4. The number of rotatable bonds is 7. The number of methoxy groups -OCH3 is 3. The average molecular weight is 360 g/mol. The molecule has 1 rings (SSSR count). The monoisotopic (exact) mass is 359 g/mol. The third-order valence-electron chi connectivity index (χ3n) is 3.24. The van der Waals surface area contributed by atoms with Gasteiger partial charge >= 0.3 is 0 Å². The van der Waals surface area contributed by atoms with Crippen molar-refractivity contribution in [2.75, 3.05) is 26.7 Å². The van der Waals surface area contributed by atoms with Crippen LogP contribution < -0.4 is 19.5 Å². The van der Waals surface area contributed by atoms with E-state index in [0.29, 0.717) is 34.1 Å². The standard InChI is InChI=1S/C15H22BrNO4/c1-9(2)11(8-16)17-15(18)10-6-7-12(19-3)14(21-5)13(10)20-4/h6-7,9,11H,8H2,1-5H3,(H,17,18). The van der Waals surface area contributed by atoms with Gasteiger partial charge in [-0.25, -0.2) is 0 Å². The van der Waals surface area contributed by atoms with E-state index in [9.17, 15) is 4.79 Å². The first kappa shape index (κ1) is 17.6. The molecule has 0 aromatic heterocycles. The first-order valence-electron chi connectivity index (χ1n) is 6.65. The second-order valence-electron chi connectivity index (χ2n) is 4.86. The van der Waals surface area contributed by atoms with Crippen molar-refractivity contribution in [3.05, 3.63) is 17.7 Å². The molecule has 5 nitrogen and oxygen atoms in total. The fourth-order valence-electron chi connectivity index (χ4n) is 1.91. The lowest BCUT2D eigenvalue weighted by molar-refractivity contribution is 0.0928. The molecule has 1 unspecified atom stereocenters. The summed E-state index contributed by atoms with van der Waals surface area (Å²) < 4.78 is 15.8. The highest BCUT2D eigenvalue weighted by molar-refractivity contribution is 9.09. The molecule has 0 bridgehead atoms. The predicted molar refractivity (Wildman–Crippen MR) is 86.0 cm³/mol. The van der Waals surface area contributed by atoms with Gasteiger partial charge in [0, 0.05) is 11.4 Å². The van der Waals surface area contributed by atoms with Crippen LogP contribution in [0.4, 0.5) is 0 Å². The summed E-state index contributed by atoms with van der Waals surface area (Å²) in [5, 5.41) is 3.67. The molecule has 1 aromatic rings. The molecule has 0 radical (unpaired) electrons. The molecule has 0 aliphatic heterocycles. The molecule has 0 spiro atoms. The third-order valence-corrected chi connectivity index (χ3v) is 3.93. The van der Waals surface area contributed by atoms with Crippen molar-refractivity contribution in [3.8, 4) is 17.2 Å². The van der Waals surface area contributed by atoms with Gasteiger partial charge in [-0.1, -0.05) is 29.8 Å². The van der Waals surface area contributed by atoms with Gasteiger partial charge in [-0.15, -0.1) is 0 Å². The lowest BCUT2D eigenvalue weighted by atomic mass is 10.1. The van der Waals surface area contributed by atoms with E-state index in [1.165, 1.54) is 21.3 Å². The molecule has 0 saturated heterocycles. The van der Waals surface area contributed by atoms with E-state index in [0.717, 1.165) is 0 Å². The molecular weight excluding hydrogens is 338 g/mol. The highest BCUT2D eigenvalue weighted by Crippen LogP contribution is 2.39. The fraction of sp³-hybridized carbons (Fsp3) is 0.533. The molecule has 0 heterocycles. The highest BCUT2D eigenvalue weighted by atomic mass is 79.9. The van der Waals surface area contributed by atoms with Gasteiger partial charge in [-0.2, -0.15) is 0 Å². The maximum Gasteiger partial charge on any atom is 0.255 e. The second kappa shape index (κ2) is 8.12. The summed E-state index contributed by atoms with van der Waals surface area (Å²) in [7, 11) is 4.55. The number of carbonyl (C=O) groups is 1. The molecule has 0 aliphatic rings. The predicted octanol–water partition coefficient (Wildman–Crippen LogP) is 2.86. The van der Waals surface area contributed by atoms with Crippen molar-refractivity contribution in [2.24, 2.45) is 5.92 Å². The number of alkyl halides is 1. The van der Waals surface area contributed by atoms with Gasteiger partial charge in [0.2, 0.25) is 5.75 Å². The Hall–Kier alpha value is -1.43. The number of amides is 1. The van der Waals surface area contributed by atoms with Crippen LogP contribution in [0, 0.1) is 5.92 Å². The maximum absolute atomic E-state index is 12.5. The molecule has 6 heteroatoms. The number of ether oxygens (including phenoxy) is 3. The Bertz CT molecular complexity index is 491. The van der Waals surface area contributed by atoms with Gasteiger partial charge < -0.3 is 19.5 Å². The third kappa shape index (κ3) is 4.03.